The highest BCUT2D eigenvalue weighted by Gasteiger charge is 2.26. The number of hydrogen-bond donors (Lipinski definition) is 0. The van der Waals surface area contributed by atoms with E-state index >= 15 is 0 Å². The van der Waals surface area contributed by atoms with Crippen LogP contribution in [-0.4, -0.2) is 19.9 Å². The molecular formula is C13H12Br2N2O2S. The summed E-state index contributed by atoms with van der Waals surface area (Å²) in [6.45, 7) is 2.13. The first kappa shape index (κ1) is 15.5. The van der Waals surface area contributed by atoms with Gasteiger partial charge in [-0.05, 0) is 53.2 Å². The van der Waals surface area contributed by atoms with Gasteiger partial charge >= 0.3 is 0 Å². The van der Waals surface area contributed by atoms with Crippen LogP contribution in [0.5, 0.6) is 0 Å². The summed E-state index contributed by atoms with van der Waals surface area (Å²) in [6, 6.07) is 8.42. The molecule has 0 spiro atoms. The van der Waals surface area contributed by atoms with Crippen LogP contribution in [0.15, 0.2) is 56.6 Å². The average Bonchev–Trinajstić information content (AvgIpc) is 2.43. The minimum absolute atomic E-state index is 0.227. The minimum atomic E-state index is -3.63. The molecule has 0 saturated carbocycles. The Balaban J connectivity index is 2.56. The first-order valence-electron chi connectivity index (χ1n) is 5.84. The van der Waals surface area contributed by atoms with Crippen molar-refractivity contribution in [3.63, 3.8) is 0 Å². The zero-order chi connectivity index (χ0) is 14.8. The second-order valence-corrected chi connectivity index (χ2v) is 7.55. The Morgan fingerprint density at radius 3 is 2.40 bits per heavy atom. The summed E-state index contributed by atoms with van der Waals surface area (Å²) < 4.78 is 28.2. The molecule has 0 saturated heterocycles. The number of nitrogens with zero attached hydrogens (tertiary/aromatic N) is 2. The van der Waals surface area contributed by atoms with Crippen LogP contribution in [0.2, 0.25) is 0 Å². The Morgan fingerprint density at radius 2 is 1.80 bits per heavy atom. The summed E-state index contributed by atoms with van der Waals surface area (Å²) in [4.78, 5) is 4.14. The van der Waals surface area contributed by atoms with Crippen molar-refractivity contribution in [2.75, 3.05) is 10.8 Å². The Morgan fingerprint density at radius 1 is 1.15 bits per heavy atom. The van der Waals surface area contributed by atoms with Crippen LogP contribution in [0.4, 0.5) is 5.69 Å². The van der Waals surface area contributed by atoms with Gasteiger partial charge in [0, 0.05) is 27.9 Å². The van der Waals surface area contributed by atoms with Crippen molar-refractivity contribution in [1.29, 1.82) is 0 Å². The van der Waals surface area contributed by atoms with E-state index in [4.69, 9.17) is 0 Å². The van der Waals surface area contributed by atoms with Crippen molar-refractivity contribution in [2.45, 2.75) is 11.8 Å². The van der Waals surface area contributed by atoms with Gasteiger partial charge in [-0.15, -0.1) is 0 Å². The monoisotopic (exact) mass is 418 g/mol. The van der Waals surface area contributed by atoms with E-state index in [1.807, 2.05) is 0 Å². The molecule has 7 heteroatoms. The van der Waals surface area contributed by atoms with E-state index in [2.05, 4.69) is 36.8 Å². The second kappa shape index (κ2) is 6.24. The van der Waals surface area contributed by atoms with E-state index in [-0.39, 0.29) is 4.90 Å². The highest BCUT2D eigenvalue weighted by molar-refractivity contribution is 9.11. The molecule has 2 aromatic rings. The van der Waals surface area contributed by atoms with Crippen molar-refractivity contribution in [2.24, 2.45) is 0 Å². The first-order chi connectivity index (χ1) is 9.46. The summed E-state index contributed by atoms with van der Waals surface area (Å²) in [7, 11) is -3.63. The topological polar surface area (TPSA) is 50.3 Å². The van der Waals surface area contributed by atoms with Gasteiger partial charge in [-0.3, -0.25) is 9.29 Å². The molecule has 0 aliphatic rings. The number of aromatic nitrogens is 1. The lowest BCUT2D eigenvalue weighted by Crippen LogP contribution is -2.31. The lowest BCUT2D eigenvalue weighted by atomic mass is 10.4. The number of benzene rings is 1. The molecular weight excluding hydrogens is 408 g/mol. The smallest absolute Gasteiger partial charge is 0.265 e. The molecule has 0 aliphatic carbocycles. The van der Waals surface area contributed by atoms with Gasteiger partial charge in [0.25, 0.3) is 10.0 Å². The number of rotatable bonds is 4. The highest BCUT2D eigenvalue weighted by Crippen LogP contribution is 2.30. The fourth-order valence-corrected chi connectivity index (χ4v) is 4.74. The minimum Gasteiger partial charge on any atom is -0.266 e. The predicted molar refractivity (Wildman–Crippen MR) is 86.3 cm³/mol. The van der Waals surface area contributed by atoms with Gasteiger partial charge in [-0.2, -0.15) is 0 Å². The van der Waals surface area contributed by atoms with Gasteiger partial charge < -0.3 is 0 Å². The Labute approximate surface area is 135 Å². The molecule has 1 aromatic carbocycles. The number of anilines is 1. The molecule has 1 heterocycles. The summed E-state index contributed by atoms with van der Waals surface area (Å²) in [5.41, 5.74) is 0.592. The van der Waals surface area contributed by atoms with Crippen molar-refractivity contribution in [3.05, 3.63) is 51.7 Å². The van der Waals surface area contributed by atoms with Crippen LogP contribution in [0.25, 0.3) is 0 Å². The lowest BCUT2D eigenvalue weighted by molar-refractivity contribution is 0.591. The number of sulfonamides is 1. The van der Waals surface area contributed by atoms with E-state index in [1.54, 1.807) is 49.6 Å². The van der Waals surface area contributed by atoms with Gasteiger partial charge in [0.05, 0.1) is 5.69 Å². The molecule has 0 unspecified atom stereocenters. The first-order valence-corrected chi connectivity index (χ1v) is 8.87. The highest BCUT2D eigenvalue weighted by atomic mass is 79.9. The normalized spacial score (nSPS) is 11.3. The molecule has 20 heavy (non-hydrogen) atoms. The summed E-state index contributed by atoms with van der Waals surface area (Å²) >= 11 is 6.60. The van der Waals surface area contributed by atoms with Crippen LogP contribution in [0, 0.1) is 0 Å². The number of hydrogen-bond acceptors (Lipinski definition) is 3. The maximum absolute atomic E-state index is 12.8. The van der Waals surface area contributed by atoms with Crippen molar-refractivity contribution >= 4 is 47.6 Å². The Hall–Kier alpha value is -0.920. The lowest BCUT2D eigenvalue weighted by Gasteiger charge is -2.23. The second-order valence-electron chi connectivity index (χ2n) is 3.95. The van der Waals surface area contributed by atoms with E-state index in [0.29, 0.717) is 21.2 Å². The summed E-state index contributed by atoms with van der Waals surface area (Å²) in [5.74, 6) is 0. The summed E-state index contributed by atoms with van der Waals surface area (Å²) in [6.07, 6.45) is 3.15. The standard InChI is InChI=1S/C13H12Br2N2O2S/c1-2-17(11-5-7-16-8-6-11)20(18,19)13-9-10(14)3-4-12(13)15/h3-9H,2H2,1H3. The largest absolute Gasteiger partial charge is 0.266 e. The van der Waals surface area contributed by atoms with E-state index in [1.165, 1.54) is 4.31 Å². The molecule has 0 bridgehead atoms. The third-order valence-corrected chi connectivity index (χ3v) is 6.09. The molecule has 0 atom stereocenters. The Kier molecular flexibility index (Phi) is 4.82. The van der Waals surface area contributed by atoms with E-state index in [9.17, 15) is 8.42 Å². The molecule has 106 valence electrons. The molecule has 0 fully saturated rings. The van der Waals surface area contributed by atoms with Crippen molar-refractivity contribution in [3.8, 4) is 0 Å². The third kappa shape index (κ3) is 3.05. The number of halogens is 2. The van der Waals surface area contributed by atoms with E-state index in [0.717, 1.165) is 0 Å². The molecule has 0 aliphatic heterocycles. The van der Waals surface area contributed by atoms with Gasteiger partial charge in [-0.1, -0.05) is 15.9 Å². The predicted octanol–water partition coefficient (Wildman–Crippen LogP) is 3.82. The molecule has 1 aromatic heterocycles. The van der Waals surface area contributed by atoms with Crippen LogP contribution < -0.4 is 4.31 Å². The van der Waals surface area contributed by atoms with Crippen molar-refractivity contribution < 1.29 is 8.42 Å². The Bertz CT molecular complexity index is 706. The zero-order valence-electron chi connectivity index (χ0n) is 10.6. The number of pyridine rings is 1. The molecule has 2 rings (SSSR count). The van der Waals surface area contributed by atoms with Gasteiger partial charge in [0.1, 0.15) is 4.90 Å². The summed E-state index contributed by atoms with van der Waals surface area (Å²) in [5, 5.41) is 0. The van der Waals surface area contributed by atoms with Crippen LogP contribution in [0.1, 0.15) is 6.92 Å². The van der Waals surface area contributed by atoms with Gasteiger partial charge in [0.2, 0.25) is 0 Å². The van der Waals surface area contributed by atoms with Gasteiger partial charge in [-0.25, -0.2) is 8.42 Å². The average molecular weight is 420 g/mol. The molecule has 0 radical (unpaired) electrons. The van der Waals surface area contributed by atoms with Gasteiger partial charge in [0.15, 0.2) is 0 Å². The fourth-order valence-electron chi connectivity index (χ4n) is 1.80. The maximum atomic E-state index is 12.8. The quantitative estimate of drug-likeness (QED) is 0.756. The maximum Gasteiger partial charge on any atom is 0.265 e. The molecule has 0 amide bonds. The fraction of sp³-hybridized carbons (Fsp3) is 0.154. The van der Waals surface area contributed by atoms with Crippen LogP contribution in [-0.2, 0) is 10.0 Å². The van der Waals surface area contributed by atoms with Crippen LogP contribution in [0.3, 0.4) is 0 Å². The van der Waals surface area contributed by atoms with Crippen LogP contribution >= 0.6 is 31.9 Å². The SMILES string of the molecule is CCN(c1ccncc1)S(=O)(=O)c1cc(Br)ccc1Br. The van der Waals surface area contributed by atoms with E-state index < -0.39 is 10.0 Å². The third-order valence-electron chi connectivity index (χ3n) is 2.70. The molecule has 0 N–H and O–H groups in total. The van der Waals surface area contributed by atoms with Crippen molar-refractivity contribution in [1.82, 2.24) is 4.98 Å². The molecule has 4 nitrogen and oxygen atoms in total. The zero-order valence-corrected chi connectivity index (χ0v) is 14.6.